The molecule has 3 aromatic rings. The second kappa shape index (κ2) is 9.32. The molecule has 3 aromatic carbocycles. The molecule has 0 aliphatic heterocycles. The summed E-state index contributed by atoms with van der Waals surface area (Å²) in [7, 11) is -3.86. The van der Waals surface area contributed by atoms with Gasteiger partial charge in [-0.25, -0.2) is 17.2 Å². The van der Waals surface area contributed by atoms with Crippen LogP contribution in [0.3, 0.4) is 0 Å². The third kappa shape index (κ3) is 5.93. The number of rotatable bonds is 7. The average Bonchev–Trinajstić information content (AvgIpc) is 2.71. The Kier molecular flexibility index (Phi) is 6.77. The smallest absolute Gasteiger partial charge is 0.261 e. The zero-order valence-corrected chi connectivity index (χ0v) is 17.8. The second-order valence-electron chi connectivity index (χ2n) is 6.62. The van der Waals surface area contributed by atoms with Crippen LogP contribution in [0.25, 0.3) is 0 Å². The summed E-state index contributed by atoms with van der Waals surface area (Å²) in [5, 5.41) is 5.66. The number of amides is 1. The van der Waals surface area contributed by atoms with Gasteiger partial charge in [-0.2, -0.15) is 0 Å². The molecule has 0 radical (unpaired) electrons. The summed E-state index contributed by atoms with van der Waals surface area (Å²) in [5.41, 5.74) is 1.15. The van der Waals surface area contributed by atoms with E-state index in [0.717, 1.165) is 18.2 Å². The van der Waals surface area contributed by atoms with Gasteiger partial charge in [0.2, 0.25) is 5.91 Å². The highest BCUT2D eigenvalue weighted by atomic mass is 35.5. The number of hydrogen-bond donors (Lipinski definition) is 3. The quantitative estimate of drug-likeness (QED) is 0.465. The summed E-state index contributed by atoms with van der Waals surface area (Å²) in [4.78, 5) is 12.3. The van der Waals surface area contributed by atoms with Crippen LogP contribution in [-0.4, -0.2) is 20.4 Å². The number of anilines is 3. The first-order valence-corrected chi connectivity index (χ1v) is 10.9. The van der Waals surface area contributed by atoms with Crippen molar-refractivity contribution in [1.29, 1.82) is 0 Å². The Labute approximate surface area is 183 Å². The molecule has 3 N–H and O–H groups in total. The van der Waals surface area contributed by atoms with Gasteiger partial charge in [-0.15, -0.1) is 0 Å². The van der Waals surface area contributed by atoms with Crippen molar-refractivity contribution >= 4 is 44.6 Å². The molecule has 0 aliphatic rings. The maximum Gasteiger partial charge on any atom is 0.261 e. The van der Waals surface area contributed by atoms with Gasteiger partial charge in [-0.3, -0.25) is 9.52 Å². The number of hydrogen-bond acceptors (Lipinski definition) is 4. The van der Waals surface area contributed by atoms with Gasteiger partial charge in [-0.05, 0) is 73.7 Å². The fraction of sp³-hybridized carbons (Fsp3) is 0.0952. The average molecular weight is 466 g/mol. The molecular weight excluding hydrogens is 448 g/mol. The van der Waals surface area contributed by atoms with E-state index < -0.39 is 33.6 Å². The summed E-state index contributed by atoms with van der Waals surface area (Å²) >= 11 is 5.91. The Morgan fingerprint density at radius 1 is 0.903 bits per heavy atom. The molecule has 0 saturated heterocycles. The summed E-state index contributed by atoms with van der Waals surface area (Å²) in [6.45, 7) is 1.62. The van der Waals surface area contributed by atoms with Gasteiger partial charge in [0.15, 0.2) is 0 Å². The standard InChI is InChI=1S/C21H18ClF2N3O3S/c1-13(21(28)26-20-11-4-15(24)12-19(20)22)25-16-5-7-17(8-6-16)27-31(29,30)18-9-2-14(23)3-10-18/h2-13,25,27H,1H3,(H,26,28)/t13-/m0/s1. The highest BCUT2D eigenvalue weighted by Gasteiger charge is 2.16. The van der Waals surface area contributed by atoms with E-state index in [1.54, 1.807) is 19.1 Å². The van der Waals surface area contributed by atoms with E-state index in [9.17, 15) is 22.0 Å². The van der Waals surface area contributed by atoms with E-state index in [1.165, 1.54) is 36.4 Å². The second-order valence-corrected chi connectivity index (χ2v) is 8.71. The van der Waals surface area contributed by atoms with E-state index in [0.29, 0.717) is 11.4 Å². The van der Waals surface area contributed by atoms with Crippen molar-refractivity contribution in [3.63, 3.8) is 0 Å². The van der Waals surface area contributed by atoms with Crippen molar-refractivity contribution in [2.24, 2.45) is 0 Å². The number of nitrogens with one attached hydrogen (secondary N) is 3. The maximum atomic E-state index is 13.1. The van der Waals surface area contributed by atoms with Gasteiger partial charge in [-0.1, -0.05) is 11.6 Å². The van der Waals surface area contributed by atoms with E-state index in [2.05, 4.69) is 15.4 Å². The third-order valence-electron chi connectivity index (χ3n) is 4.23. The molecular formula is C21H18ClF2N3O3S. The molecule has 162 valence electrons. The summed E-state index contributed by atoms with van der Waals surface area (Å²) in [6.07, 6.45) is 0. The number of benzene rings is 3. The van der Waals surface area contributed by atoms with Crippen molar-refractivity contribution in [2.45, 2.75) is 17.9 Å². The van der Waals surface area contributed by atoms with Crippen molar-refractivity contribution in [2.75, 3.05) is 15.4 Å². The molecule has 10 heteroatoms. The maximum absolute atomic E-state index is 13.1. The number of sulfonamides is 1. The summed E-state index contributed by atoms with van der Waals surface area (Å²) in [5.74, 6) is -1.44. The van der Waals surface area contributed by atoms with Crippen molar-refractivity contribution in [3.8, 4) is 0 Å². The van der Waals surface area contributed by atoms with Crippen molar-refractivity contribution in [3.05, 3.63) is 83.4 Å². The first-order chi connectivity index (χ1) is 14.6. The SMILES string of the molecule is C[C@H](Nc1ccc(NS(=O)(=O)c2ccc(F)cc2)cc1)C(=O)Nc1ccc(F)cc1Cl. The first-order valence-electron chi connectivity index (χ1n) is 9.05. The van der Waals surface area contributed by atoms with Crippen LogP contribution in [0.15, 0.2) is 71.6 Å². The Bertz CT molecular complexity index is 1190. The van der Waals surface area contributed by atoms with Crippen LogP contribution in [0.1, 0.15) is 6.92 Å². The molecule has 31 heavy (non-hydrogen) atoms. The monoisotopic (exact) mass is 465 g/mol. The van der Waals surface area contributed by atoms with Gasteiger partial charge in [0, 0.05) is 11.4 Å². The van der Waals surface area contributed by atoms with Gasteiger partial charge in [0.05, 0.1) is 15.6 Å². The largest absolute Gasteiger partial charge is 0.374 e. The molecule has 0 aromatic heterocycles. The van der Waals surface area contributed by atoms with E-state index in [4.69, 9.17) is 11.6 Å². The lowest BCUT2D eigenvalue weighted by atomic mass is 10.2. The van der Waals surface area contributed by atoms with Crippen LogP contribution in [0.5, 0.6) is 0 Å². The van der Waals surface area contributed by atoms with Crippen LogP contribution >= 0.6 is 11.6 Å². The lowest BCUT2D eigenvalue weighted by molar-refractivity contribution is -0.116. The minimum Gasteiger partial charge on any atom is -0.374 e. The lowest BCUT2D eigenvalue weighted by Crippen LogP contribution is -2.31. The van der Waals surface area contributed by atoms with Crippen molar-refractivity contribution < 1.29 is 22.0 Å². The van der Waals surface area contributed by atoms with Crippen LogP contribution in [0.2, 0.25) is 5.02 Å². The Morgan fingerprint density at radius 2 is 1.48 bits per heavy atom. The predicted molar refractivity (Wildman–Crippen MR) is 117 cm³/mol. The minimum absolute atomic E-state index is 0.0687. The van der Waals surface area contributed by atoms with Crippen LogP contribution in [-0.2, 0) is 14.8 Å². The molecule has 3 rings (SSSR count). The molecule has 0 heterocycles. The highest BCUT2D eigenvalue weighted by Crippen LogP contribution is 2.23. The Morgan fingerprint density at radius 3 is 2.10 bits per heavy atom. The molecule has 0 unspecified atom stereocenters. The molecule has 0 aliphatic carbocycles. The van der Waals surface area contributed by atoms with Crippen molar-refractivity contribution in [1.82, 2.24) is 0 Å². The van der Waals surface area contributed by atoms with Gasteiger partial charge in [0.1, 0.15) is 17.7 Å². The predicted octanol–water partition coefficient (Wildman–Crippen LogP) is 4.86. The molecule has 0 bridgehead atoms. The molecule has 6 nitrogen and oxygen atoms in total. The summed E-state index contributed by atoms with van der Waals surface area (Å²) in [6, 6.07) is 13.7. The molecule has 0 spiro atoms. The molecule has 0 saturated carbocycles. The van der Waals surface area contributed by atoms with E-state index in [-0.39, 0.29) is 15.6 Å². The first kappa shape index (κ1) is 22.5. The zero-order valence-electron chi connectivity index (χ0n) is 16.2. The summed E-state index contributed by atoms with van der Waals surface area (Å²) < 4.78 is 53.2. The highest BCUT2D eigenvalue weighted by molar-refractivity contribution is 7.92. The Balaban J connectivity index is 1.61. The number of carbonyl (C=O) groups is 1. The normalized spacial score (nSPS) is 12.1. The Hall–Kier alpha value is -3.17. The van der Waals surface area contributed by atoms with Gasteiger partial charge in [0.25, 0.3) is 10.0 Å². The van der Waals surface area contributed by atoms with Gasteiger partial charge < -0.3 is 10.6 Å². The zero-order chi connectivity index (χ0) is 22.6. The fourth-order valence-corrected chi connectivity index (χ4v) is 3.88. The fourth-order valence-electron chi connectivity index (χ4n) is 2.61. The molecule has 0 fully saturated rings. The third-order valence-corrected chi connectivity index (χ3v) is 5.94. The van der Waals surface area contributed by atoms with E-state index in [1.807, 2.05) is 0 Å². The lowest BCUT2D eigenvalue weighted by Gasteiger charge is -2.16. The topological polar surface area (TPSA) is 87.3 Å². The molecule has 1 atom stereocenters. The van der Waals surface area contributed by atoms with Crippen LogP contribution in [0.4, 0.5) is 25.8 Å². The van der Waals surface area contributed by atoms with E-state index >= 15 is 0 Å². The van der Waals surface area contributed by atoms with Crippen LogP contribution < -0.4 is 15.4 Å². The van der Waals surface area contributed by atoms with Gasteiger partial charge >= 0.3 is 0 Å². The van der Waals surface area contributed by atoms with Crippen LogP contribution in [0, 0.1) is 11.6 Å². The molecule has 1 amide bonds. The number of halogens is 3. The number of carbonyl (C=O) groups excluding carboxylic acids is 1. The minimum atomic E-state index is -3.86.